The zero-order valence-electron chi connectivity index (χ0n) is 13.6. The van der Waals surface area contributed by atoms with E-state index < -0.39 is 0 Å². The molecule has 20 heavy (non-hydrogen) atoms. The van der Waals surface area contributed by atoms with Crippen LogP contribution in [-0.4, -0.2) is 51.1 Å². The highest BCUT2D eigenvalue weighted by atomic mass is 127. The molecular weight excluding hydrogens is 363 g/mol. The highest BCUT2D eigenvalue weighted by Crippen LogP contribution is 2.27. The fourth-order valence-electron chi connectivity index (χ4n) is 2.96. The number of rotatable bonds is 6. The van der Waals surface area contributed by atoms with Crippen molar-refractivity contribution in [1.82, 2.24) is 15.5 Å². The Kier molecular flexibility index (Phi) is 11.6. The van der Waals surface area contributed by atoms with Crippen molar-refractivity contribution in [3.8, 4) is 0 Å². The molecule has 0 bridgehead atoms. The molecule has 1 saturated carbocycles. The van der Waals surface area contributed by atoms with Gasteiger partial charge in [-0.3, -0.25) is 4.99 Å². The molecular formula is C15H33IN4. The highest BCUT2D eigenvalue weighted by molar-refractivity contribution is 14.0. The Labute approximate surface area is 142 Å². The van der Waals surface area contributed by atoms with E-state index in [1.54, 1.807) is 0 Å². The first kappa shape index (κ1) is 20.0. The van der Waals surface area contributed by atoms with Gasteiger partial charge < -0.3 is 15.5 Å². The maximum absolute atomic E-state index is 4.28. The second kappa shape index (κ2) is 11.6. The molecule has 1 rings (SSSR count). The Morgan fingerprint density at radius 1 is 1.20 bits per heavy atom. The molecule has 1 aliphatic carbocycles. The third-order valence-electron chi connectivity index (χ3n) is 4.10. The lowest BCUT2D eigenvalue weighted by molar-refractivity contribution is 0.171. The van der Waals surface area contributed by atoms with E-state index in [0.717, 1.165) is 31.4 Å². The summed E-state index contributed by atoms with van der Waals surface area (Å²) in [6.07, 6.45) is 8.11. The van der Waals surface area contributed by atoms with Gasteiger partial charge in [-0.25, -0.2) is 0 Å². The van der Waals surface area contributed by atoms with Crippen molar-refractivity contribution in [3.63, 3.8) is 0 Å². The van der Waals surface area contributed by atoms with E-state index in [4.69, 9.17) is 0 Å². The van der Waals surface area contributed by atoms with Crippen LogP contribution in [0.2, 0.25) is 0 Å². The standard InChI is InChI=1S/C15H32N4.HI/c1-5-11-17-15(16-2)18-12-14(19(3)4)13-9-7-6-8-10-13;/h13-14H,5-12H2,1-4H3,(H2,16,17,18);1H. The minimum atomic E-state index is 0. The van der Waals surface area contributed by atoms with Crippen LogP contribution < -0.4 is 10.6 Å². The van der Waals surface area contributed by atoms with Crippen molar-refractivity contribution in [2.45, 2.75) is 51.5 Å². The van der Waals surface area contributed by atoms with E-state index in [0.29, 0.717) is 6.04 Å². The lowest BCUT2D eigenvalue weighted by Gasteiger charge is -2.35. The van der Waals surface area contributed by atoms with Gasteiger partial charge in [0.05, 0.1) is 0 Å². The largest absolute Gasteiger partial charge is 0.356 e. The summed E-state index contributed by atoms with van der Waals surface area (Å²) in [4.78, 5) is 6.65. The molecule has 0 heterocycles. The molecule has 0 aromatic heterocycles. The van der Waals surface area contributed by atoms with Crippen LogP contribution >= 0.6 is 24.0 Å². The van der Waals surface area contributed by atoms with Crippen molar-refractivity contribution >= 4 is 29.9 Å². The summed E-state index contributed by atoms with van der Waals surface area (Å²) in [5, 5.41) is 6.82. The Morgan fingerprint density at radius 2 is 1.85 bits per heavy atom. The predicted octanol–water partition coefficient (Wildman–Crippen LogP) is 2.69. The lowest BCUT2D eigenvalue weighted by Crippen LogP contribution is -2.48. The number of nitrogens with one attached hydrogen (secondary N) is 2. The number of hydrogen-bond acceptors (Lipinski definition) is 2. The van der Waals surface area contributed by atoms with Gasteiger partial charge in [0.2, 0.25) is 0 Å². The van der Waals surface area contributed by atoms with Crippen molar-refractivity contribution in [2.75, 3.05) is 34.2 Å². The van der Waals surface area contributed by atoms with Crippen molar-refractivity contribution in [1.29, 1.82) is 0 Å². The molecule has 0 saturated heterocycles. The fraction of sp³-hybridized carbons (Fsp3) is 0.933. The van der Waals surface area contributed by atoms with Gasteiger partial charge in [0.1, 0.15) is 0 Å². The molecule has 0 spiro atoms. The van der Waals surface area contributed by atoms with Crippen LogP contribution in [-0.2, 0) is 0 Å². The second-order valence-electron chi connectivity index (χ2n) is 5.81. The van der Waals surface area contributed by atoms with E-state index in [1.165, 1.54) is 32.1 Å². The molecule has 0 aliphatic heterocycles. The van der Waals surface area contributed by atoms with Gasteiger partial charge in [-0.05, 0) is 39.3 Å². The number of aliphatic imine (C=N–C) groups is 1. The number of likely N-dealkylation sites (N-methyl/N-ethyl adjacent to an activating group) is 1. The zero-order chi connectivity index (χ0) is 14.1. The molecule has 0 radical (unpaired) electrons. The monoisotopic (exact) mass is 396 g/mol. The quantitative estimate of drug-likeness (QED) is 0.412. The van der Waals surface area contributed by atoms with Gasteiger partial charge in [-0.2, -0.15) is 0 Å². The van der Waals surface area contributed by atoms with Gasteiger partial charge in [0.25, 0.3) is 0 Å². The zero-order valence-corrected chi connectivity index (χ0v) is 15.9. The number of nitrogens with zero attached hydrogens (tertiary/aromatic N) is 2. The summed E-state index contributed by atoms with van der Waals surface area (Å²) < 4.78 is 0. The number of hydrogen-bond donors (Lipinski definition) is 2. The van der Waals surface area contributed by atoms with Crippen molar-refractivity contribution < 1.29 is 0 Å². The van der Waals surface area contributed by atoms with E-state index in [9.17, 15) is 0 Å². The van der Waals surface area contributed by atoms with Crippen molar-refractivity contribution in [2.24, 2.45) is 10.9 Å². The maximum atomic E-state index is 4.28. The lowest BCUT2D eigenvalue weighted by atomic mass is 9.83. The van der Waals surface area contributed by atoms with Crippen LogP contribution in [0.1, 0.15) is 45.4 Å². The summed E-state index contributed by atoms with van der Waals surface area (Å²) in [5.41, 5.74) is 0. The molecule has 5 heteroatoms. The van der Waals surface area contributed by atoms with Crippen LogP contribution in [0.25, 0.3) is 0 Å². The second-order valence-corrected chi connectivity index (χ2v) is 5.81. The van der Waals surface area contributed by atoms with Gasteiger partial charge in [0.15, 0.2) is 5.96 Å². The smallest absolute Gasteiger partial charge is 0.191 e. The van der Waals surface area contributed by atoms with Gasteiger partial charge in [0, 0.05) is 26.2 Å². The molecule has 2 N–H and O–H groups in total. The molecule has 4 nitrogen and oxygen atoms in total. The van der Waals surface area contributed by atoms with E-state index in [1.807, 2.05) is 7.05 Å². The van der Waals surface area contributed by atoms with Crippen molar-refractivity contribution in [3.05, 3.63) is 0 Å². The molecule has 1 fully saturated rings. The summed E-state index contributed by atoms with van der Waals surface area (Å²) >= 11 is 0. The third-order valence-corrected chi connectivity index (χ3v) is 4.10. The minimum absolute atomic E-state index is 0. The predicted molar refractivity (Wildman–Crippen MR) is 99.1 cm³/mol. The SMILES string of the molecule is CCCNC(=NC)NCC(C1CCCCC1)N(C)C.I. The average molecular weight is 396 g/mol. The summed E-state index contributed by atoms with van der Waals surface area (Å²) in [6.45, 7) is 4.14. The van der Waals surface area contributed by atoms with Crippen LogP contribution in [0.5, 0.6) is 0 Å². The Hall–Kier alpha value is -0.0400. The highest BCUT2D eigenvalue weighted by Gasteiger charge is 2.25. The maximum Gasteiger partial charge on any atom is 0.191 e. The summed E-state index contributed by atoms with van der Waals surface area (Å²) in [6, 6.07) is 0.612. The average Bonchev–Trinajstić information content (AvgIpc) is 2.43. The fourth-order valence-corrected chi connectivity index (χ4v) is 2.96. The topological polar surface area (TPSA) is 39.7 Å². The number of halogens is 1. The minimum Gasteiger partial charge on any atom is -0.356 e. The molecule has 0 aromatic rings. The van der Waals surface area contributed by atoms with Gasteiger partial charge in [-0.15, -0.1) is 24.0 Å². The van der Waals surface area contributed by atoms with Gasteiger partial charge >= 0.3 is 0 Å². The first-order valence-electron chi connectivity index (χ1n) is 7.80. The molecule has 1 unspecified atom stereocenters. The molecule has 0 amide bonds. The van der Waals surface area contributed by atoms with Crippen LogP contribution in [0.15, 0.2) is 4.99 Å². The Bertz CT molecular complexity index is 263. The molecule has 0 aromatic carbocycles. The van der Waals surface area contributed by atoms with Crippen LogP contribution in [0, 0.1) is 5.92 Å². The number of guanidine groups is 1. The summed E-state index contributed by atoms with van der Waals surface area (Å²) in [5.74, 6) is 1.77. The van der Waals surface area contributed by atoms with Crippen LogP contribution in [0.4, 0.5) is 0 Å². The van der Waals surface area contributed by atoms with Crippen LogP contribution in [0.3, 0.4) is 0 Å². The molecule has 1 aliphatic rings. The first-order chi connectivity index (χ1) is 9.19. The molecule has 1 atom stereocenters. The van der Waals surface area contributed by atoms with E-state index >= 15 is 0 Å². The Balaban J connectivity index is 0.00000361. The first-order valence-corrected chi connectivity index (χ1v) is 7.80. The molecule has 120 valence electrons. The third kappa shape index (κ3) is 7.11. The normalized spacial score (nSPS) is 18.6. The summed E-state index contributed by atoms with van der Waals surface area (Å²) in [7, 11) is 6.24. The van der Waals surface area contributed by atoms with Gasteiger partial charge in [-0.1, -0.05) is 26.2 Å². The Morgan fingerprint density at radius 3 is 2.35 bits per heavy atom. The van der Waals surface area contributed by atoms with E-state index in [-0.39, 0.29) is 24.0 Å². The van der Waals surface area contributed by atoms with E-state index in [2.05, 4.69) is 41.5 Å².